The highest BCUT2D eigenvalue weighted by Crippen LogP contribution is 2.21. The van der Waals surface area contributed by atoms with Crippen LogP contribution in [0.4, 0.5) is 5.69 Å². The first-order chi connectivity index (χ1) is 11.1. The van der Waals surface area contributed by atoms with Crippen LogP contribution < -0.4 is 10.9 Å². The van der Waals surface area contributed by atoms with E-state index in [0.29, 0.717) is 29.8 Å². The number of ether oxygens (including phenoxy) is 1. The second-order valence-corrected chi connectivity index (χ2v) is 5.29. The predicted molar refractivity (Wildman–Crippen MR) is 84.8 cm³/mol. The smallest absolute Gasteiger partial charge is 0.339 e. The topological polar surface area (TPSA) is 77.4 Å². The van der Waals surface area contributed by atoms with Crippen LogP contribution >= 0.6 is 0 Å². The molecule has 1 aromatic carbocycles. The van der Waals surface area contributed by atoms with Gasteiger partial charge in [0.1, 0.15) is 5.69 Å². The summed E-state index contributed by atoms with van der Waals surface area (Å²) >= 11 is 0. The van der Waals surface area contributed by atoms with Gasteiger partial charge in [0, 0.05) is 17.8 Å². The number of carbonyl (C=O) groups is 2. The van der Waals surface area contributed by atoms with E-state index in [-0.39, 0.29) is 11.2 Å². The molecule has 0 bridgehead atoms. The highest BCUT2D eigenvalue weighted by atomic mass is 16.5. The summed E-state index contributed by atoms with van der Waals surface area (Å²) < 4.78 is 6.31. The third-order valence-electron chi connectivity index (χ3n) is 3.89. The minimum absolute atomic E-state index is 0.0879. The zero-order valence-electron chi connectivity index (χ0n) is 12.7. The number of anilines is 1. The molecule has 3 rings (SSSR count). The van der Waals surface area contributed by atoms with Crippen LogP contribution in [0.1, 0.15) is 32.8 Å². The minimum Gasteiger partial charge on any atom is -0.465 e. The molecule has 0 spiro atoms. The van der Waals surface area contributed by atoms with Crippen molar-refractivity contribution in [3.8, 4) is 0 Å². The number of amides is 1. The fourth-order valence-corrected chi connectivity index (χ4v) is 2.77. The number of fused-ring (bicyclic) bond motifs is 1. The molecule has 1 aromatic heterocycles. The molecule has 0 radical (unpaired) electrons. The average Bonchev–Trinajstić information content (AvgIpc) is 3.07. The Balaban J connectivity index is 2.01. The Kier molecular flexibility index (Phi) is 3.97. The molecule has 1 amide bonds. The van der Waals surface area contributed by atoms with E-state index >= 15 is 0 Å². The lowest BCUT2D eigenvalue weighted by molar-refractivity contribution is 0.0598. The molecule has 2 heterocycles. The molecular formula is C17H16N2O4. The van der Waals surface area contributed by atoms with Gasteiger partial charge in [0.05, 0.1) is 12.7 Å². The number of pyridine rings is 1. The molecule has 0 unspecified atom stereocenters. The molecule has 0 aliphatic carbocycles. The Hall–Kier alpha value is -2.89. The summed E-state index contributed by atoms with van der Waals surface area (Å²) in [5.74, 6) is -0.900. The van der Waals surface area contributed by atoms with E-state index in [0.717, 1.165) is 6.42 Å². The van der Waals surface area contributed by atoms with Crippen LogP contribution in [0.5, 0.6) is 0 Å². The first kappa shape index (κ1) is 15.0. The van der Waals surface area contributed by atoms with Gasteiger partial charge in [0.2, 0.25) is 0 Å². The maximum atomic E-state index is 12.5. The van der Waals surface area contributed by atoms with Crippen LogP contribution in [0.2, 0.25) is 0 Å². The Labute approximate surface area is 132 Å². The summed E-state index contributed by atoms with van der Waals surface area (Å²) in [6, 6.07) is 10.0. The highest BCUT2D eigenvalue weighted by molar-refractivity contribution is 6.04. The molecule has 23 heavy (non-hydrogen) atoms. The van der Waals surface area contributed by atoms with E-state index in [4.69, 9.17) is 4.74 Å². The number of esters is 1. The molecular weight excluding hydrogens is 296 g/mol. The number of rotatable bonds is 3. The van der Waals surface area contributed by atoms with Gasteiger partial charge in [0.15, 0.2) is 0 Å². The molecule has 6 nitrogen and oxygen atoms in total. The van der Waals surface area contributed by atoms with E-state index in [1.54, 1.807) is 30.3 Å². The number of nitrogens with one attached hydrogen (secondary N) is 1. The van der Waals surface area contributed by atoms with E-state index < -0.39 is 11.9 Å². The zero-order valence-corrected chi connectivity index (χ0v) is 12.7. The van der Waals surface area contributed by atoms with Crippen LogP contribution in [0, 0.1) is 0 Å². The monoisotopic (exact) mass is 312 g/mol. The maximum absolute atomic E-state index is 12.5. The molecule has 6 heteroatoms. The summed E-state index contributed by atoms with van der Waals surface area (Å²) in [5, 5.41) is 2.60. The van der Waals surface area contributed by atoms with Crippen molar-refractivity contribution >= 4 is 17.6 Å². The second kappa shape index (κ2) is 6.08. The molecule has 0 atom stereocenters. The average molecular weight is 312 g/mol. The summed E-state index contributed by atoms with van der Waals surface area (Å²) in [7, 11) is 1.29. The quantitative estimate of drug-likeness (QED) is 0.877. The van der Waals surface area contributed by atoms with Crippen LogP contribution in [-0.4, -0.2) is 23.6 Å². The third-order valence-corrected chi connectivity index (χ3v) is 3.89. The zero-order chi connectivity index (χ0) is 16.4. The number of carbonyl (C=O) groups excluding carboxylic acids is 2. The van der Waals surface area contributed by atoms with Gasteiger partial charge in [-0.15, -0.1) is 0 Å². The third kappa shape index (κ3) is 2.75. The first-order valence-electron chi connectivity index (χ1n) is 7.33. The molecule has 1 aliphatic rings. The van der Waals surface area contributed by atoms with Crippen LogP contribution in [0.3, 0.4) is 0 Å². The van der Waals surface area contributed by atoms with E-state index in [2.05, 4.69) is 5.32 Å². The Morgan fingerprint density at radius 1 is 1.22 bits per heavy atom. The summed E-state index contributed by atoms with van der Waals surface area (Å²) in [6.45, 7) is 0.535. The van der Waals surface area contributed by atoms with Crippen LogP contribution in [0.15, 0.2) is 41.2 Å². The fourth-order valence-electron chi connectivity index (χ4n) is 2.77. The molecule has 2 aromatic rings. The number of hydrogen-bond acceptors (Lipinski definition) is 4. The largest absolute Gasteiger partial charge is 0.465 e. The van der Waals surface area contributed by atoms with Crippen molar-refractivity contribution in [1.82, 2.24) is 4.57 Å². The van der Waals surface area contributed by atoms with Crippen molar-refractivity contribution in [2.45, 2.75) is 19.4 Å². The number of nitrogens with zero attached hydrogens (tertiary/aromatic N) is 1. The van der Waals surface area contributed by atoms with E-state index in [1.807, 2.05) is 0 Å². The SMILES string of the molecule is COC(=O)c1cc(NC(=O)c2ccccc2)c(=O)n2c1CCC2. The molecule has 0 fully saturated rings. The van der Waals surface area contributed by atoms with Gasteiger partial charge in [-0.05, 0) is 31.0 Å². The Bertz CT molecular complexity index is 824. The Morgan fingerprint density at radius 3 is 2.65 bits per heavy atom. The second-order valence-electron chi connectivity index (χ2n) is 5.29. The lowest BCUT2D eigenvalue weighted by atomic mass is 10.1. The van der Waals surface area contributed by atoms with E-state index in [1.165, 1.54) is 17.7 Å². The van der Waals surface area contributed by atoms with Crippen molar-refractivity contribution in [1.29, 1.82) is 0 Å². The Morgan fingerprint density at radius 2 is 1.96 bits per heavy atom. The van der Waals surface area contributed by atoms with Crippen molar-refractivity contribution in [2.75, 3.05) is 12.4 Å². The van der Waals surface area contributed by atoms with Crippen molar-refractivity contribution in [3.63, 3.8) is 0 Å². The van der Waals surface area contributed by atoms with Crippen LogP contribution in [0.25, 0.3) is 0 Å². The predicted octanol–water partition coefficient (Wildman–Crippen LogP) is 1.83. The van der Waals surface area contributed by atoms with Gasteiger partial charge >= 0.3 is 5.97 Å². The number of aromatic nitrogens is 1. The minimum atomic E-state index is -0.508. The molecule has 0 saturated carbocycles. The number of hydrogen-bond donors (Lipinski definition) is 1. The lowest BCUT2D eigenvalue weighted by Gasteiger charge is -2.12. The molecule has 1 aliphatic heterocycles. The van der Waals surface area contributed by atoms with Crippen LogP contribution in [-0.2, 0) is 17.7 Å². The molecule has 1 N–H and O–H groups in total. The lowest BCUT2D eigenvalue weighted by Crippen LogP contribution is -2.28. The van der Waals surface area contributed by atoms with Crippen molar-refractivity contribution in [2.24, 2.45) is 0 Å². The normalized spacial score (nSPS) is 12.6. The summed E-state index contributed by atoms with van der Waals surface area (Å²) in [6.07, 6.45) is 1.43. The van der Waals surface area contributed by atoms with Gasteiger partial charge in [-0.2, -0.15) is 0 Å². The van der Waals surface area contributed by atoms with Gasteiger partial charge in [0.25, 0.3) is 11.5 Å². The standard InChI is InChI=1S/C17H16N2O4/c1-23-17(22)12-10-13(16(21)19-9-5-8-14(12)19)18-15(20)11-6-3-2-4-7-11/h2-4,6-7,10H,5,8-9H2,1H3,(H,18,20). The summed E-state index contributed by atoms with van der Waals surface area (Å²) in [5.41, 5.74) is 1.23. The fraction of sp³-hybridized carbons (Fsp3) is 0.235. The number of benzene rings is 1. The van der Waals surface area contributed by atoms with Gasteiger partial charge < -0.3 is 14.6 Å². The molecule has 118 valence electrons. The first-order valence-corrected chi connectivity index (χ1v) is 7.33. The highest BCUT2D eigenvalue weighted by Gasteiger charge is 2.24. The number of methoxy groups -OCH3 is 1. The van der Waals surface area contributed by atoms with Gasteiger partial charge in [-0.1, -0.05) is 18.2 Å². The summed E-state index contributed by atoms with van der Waals surface area (Å²) in [4.78, 5) is 36.7. The van der Waals surface area contributed by atoms with Crippen molar-refractivity contribution in [3.05, 3.63) is 63.6 Å². The van der Waals surface area contributed by atoms with Gasteiger partial charge in [-0.25, -0.2) is 4.79 Å². The van der Waals surface area contributed by atoms with Crippen molar-refractivity contribution < 1.29 is 14.3 Å². The molecule has 0 saturated heterocycles. The van der Waals surface area contributed by atoms with E-state index in [9.17, 15) is 14.4 Å². The maximum Gasteiger partial charge on any atom is 0.339 e. The van der Waals surface area contributed by atoms with Gasteiger partial charge in [-0.3, -0.25) is 9.59 Å².